The molecule has 0 spiro atoms. The summed E-state index contributed by atoms with van der Waals surface area (Å²) in [4.78, 5) is 16.3. The van der Waals surface area contributed by atoms with Crippen LogP contribution in [0.3, 0.4) is 0 Å². The molecule has 1 atom stereocenters. The summed E-state index contributed by atoms with van der Waals surface area (Å²) < 4.78 is 44.8. The van der Waals surface area contributed by atoms with Gasteiger partial charge in [0.15, 0.2) is 0 Å². The van der Waals surface area contributed by atoms with Crippen LogP contribution in [0.5, 0.6) is 5.88 Å². The van der Waals surface area contributed by atoms with Crippen molar-refractivity contribution in [2.24, 2.45) is 0 Å². The molecule has 3 rings (SSSR count). The van der Waals surface area contributed by atoms with Crippen LogP contribution in [0.4, 0.5) is 4.39 Å². The van der Waals surface area contributed by atoms with Crippen molar-refractivity contribution in [2.45, 2.75) is 32.8 Å². The Hall–Kier alpha value is -2.97. The zero-order chi connectivity index (χ0) is 24.2. The number of rotatable bonds is 8. The van der Waals surface area contributed by atoms with Gasteiger partial charge in [0.1, 0.15) is 10.8 Å². The second kappa shape index (κ2) is 10.3. The zero-order valence-electron chi connectivity index (χ0n) is 18.4. The van der Waals surface area contributed by atoms with E-state index in [2.05, 4.69) is 17.1 Å². The Balaban J connectivity index is 1.75. The Bertz CT molecular complexity index is 1270. The normalized spacial score (nSPS) is 12.3. The van der Waals surface area contributed by atoms with E-state index in [1.807, 2.05) is 25.1 Å². The highest BCUT2D eigenvalue weighted by Gasteiger charge is 2.19. The van der Waals surface area contributed by atoms with Gasteiger partial charge in [0, 0.05) is 11.8 Å². The highest BCUT2D eigenvalue weighted by atomic mass is 35.5. The van der Waals surface area contributed by atoms with Gasteiger partial charge in [0.25, 0.3) is 5.91 Å². The number of aromatic nitrogens is 1. The predicted octanol–water partition coefficient (Wildman–Crippen LogP) is 4.94. The van der Waals surface area contributed by atoms with Crippen molar-refractivity contribution in [3.05, 3.63) is 82.3 Å². The van der Waals surface area contributed by atoms with Crippen molar-refractivity contribution in [1.29, 1.82) is 0 Å². The highest BCUT2D eigenvalue weighted by Crippen LogP contribution is 2.32. The molecule has 1 aromatic heterocycles. The van der Waals surface area contributed by atoms with E-state index in [0.717, 1.165) is 25.2 Å². The second-order valence-electron chi connectivity index (χ2n) is 7.81. The quantitative estimate of drug-likeness (QED) is 0.483. The molecule has 0 radical (unpaired) electrons. The molecule has 6 nitrogen and oxygen atoms in total. The summed E-state index contributed by atoms with van der Waals surface area (Å²) in [6.07, 6.45) is 3.86. The molecule has 174 valence electrons. The van der Waals surface area contributed by atoms with Crippen molar-refractivity contribution in [2.75, 3.05) is 6.26 Å². The zero-order valence-corrected chi connectivity index (χ0v) is 20.0. The first-order valence-corrected chi connectivity index (χ1v) is 12.5. The van der Waals surface area contributed by atoms with Gasteiger partial charge in [0.05, 0.1) is 17.9 Å². The number of pyridine rings is 1. The summed E-state index contributed by atoms with van der Waals surface area (Å²) in [7, 11) is -3.81. The molecule has 9 heteroatoms. The number of carbonyl (C=O) groups is 1. The molecule has 0 aliphatic heterocycles. The van der Waals surface area contributed by atoms with Crippen LogP contribution in [-0.4, -0.2) is 31.7 Å². The maximum absolute atomic E-state index is 14.6. The van der Waals surface area contributed by atoms with Crippen LogP contribution in [0.15, 0.2) is 54.7 Å². The summed E-state index contributed by atoms with van der Waals surface area (Å²) in [5.74, 6) is -1.61. The molecule has 0 unspecified atom stereocenters. The van der Waals surface area contributed by atoms with Gasteiger partial charge >= 0.3 is 0 Å². The summed E-state index contributed by atoms with van der Waals surface area (Å²) in [6, 6.07) is 14.1. The van der Waals surface area contributed by atoms with E-state index in [0.29, 0.717) is 16.7 Å². The first kappa shape index (κ1) is 24.7. The van der Waals surface area contributed by atoms with Crippen molar-refractivity contribution >= 4 is 27.5 Å². The lowest BCUT2D eigenvalue weighted by Crippen LogP contribution is -2.30. The van der Waals surface area contributed by atoms with Crippen LogP contribution in [0, 0.1) is 12.7 Å². The van der Waals surface area contributed by atoms with Gasteiger partial charge in [-0.1, -0.05) is 41.9 Å². The topological polar surface area (TPSA) is 85.4 Å². The van der Waals surface area contributed by atoms with Crippen LogP contribution < -0.4 is 9.46 Å². The molecule has 33 heavy (non-hydrogen) atoms. The SMILES string of the molecule is Cc1cc(C(=O)NS(C)(=O)=O)c(F)cc1-c1cnc(O[C@H](C)CCc2ccccc2)c(Cl)c1. The number of halogens is 2. The minimum atomic E-state index is -3.81. The number of amides is 1. The highest BCUT2D eigenvalue weighted by molar-refractivity contribution is 7.89. The Morgan fingerprint density at radius 3 is 2.55 bits per heavy atom. The van der Waals surface area contributed by atoms with E-state index in [4.69, 9.17) is 16.3 Å². The lowest BCUT2D eigenvalue weighted by atomic mass is 9.99. The van der Waals surface area contributed by atoms with Gasteiger partial charge in [0.2, 0.25) is 15.9 Å². The third kappa shape index (κ3) is 6.76. The van der Waals surface area contributed by atoms with Crippen LogP contribution >= 0.6 is 11.6 Å². The lowest BCUT2D eigenvalue weighted by Gasteiger charge is -2.16. The number of aryl methyl sites for hydroxylation is 2. The fourth-order valence-electron chi connectivity index (χ4n) is 3.31. The third-order valence-electron chi connectivity index (χ3n) is 4.95. The van der Waals surface area contributed by atoms with E-state index in [-0.39, 0.29) is 22.6 Å². The molecule has 0 aliphatic carbocycles. The number of sulfonamides is 1. The largest absolute Gasteiger partial charge is 0.474 e. The molecule has 1 N–H and O–H groups in total. The number of carbonyl (C=O) groups excluding carboxylic acids is 1. The molecular formula is C24H24ClFN2O4S. The first-order chi connectivity index (χ1) is 15.5. The van der Waals surface area contributed by atoms with Crippen molar-refractivity contribution in [1.82, 2.24) is 9.71 Å². The molecule has 0 fully saturated rings. The van der Waals surface area contributed by atoms with Crippen LogP contribution in [0.1, 0.15) is 34.8 Å². The van der Waals surface area contributed by atoms with E-state index in [1.165, 1.54) is 17.8 Å². The summed E-state index contributed by atoms with van der Waals surface area (Å²) >= 11 is 6.37. The molecule has 3 aromatic rings. The maximum atomic E-state index is 14.6. The molecule has 2 aromatic carbocycles. The third-order valence-corrected chi connectivity index (χ3v) is 5.78. The summed E-state index contributed by atoms with van der Waals surface area (Å²) in [5.41, 5.74) is 2.41. The van der Waals surface area contributed by atoms with E-state index in [1.54, 1.807) is 17.7 Å². The number of hydrogen-bond donors (Lipinski definition) is 1. The monoisotopic (exact) mass is 490 g/mol. The Morgan fingerprint density at radius 1 is 1.21 bits per heavy atom. The second-order valence-corrected chi connectivity index (χ2v) is 9.97. The maximum Gasteiger partial charge on any atom is 0.267 e. The van der Waals surface area contributed by atoms with E-state index in [9.17, 15) is 17.6 Å². The molecular weight excluding hydrogens is 467 g/mol. The van der Waals surface area contributed by atoms with Crippen LogP contribution in [-0.2, 0) is 16.4 Å². The van der Waals surface area contributed by atoms with Crippen LogP contribution in [0.25, 0.3) is 11.1 Å². The Labute approximate surface area is 197 Å². The minimum Gasteiger partial charge on any atom is -0.474 e. The number of hydrogen-bond acceptors (Lipinski definition) is 5. The first-order valence-electron chi connectivity index (χ1n) is 10.2. The van der Waals surface area contributed by atoms with Crippen molar-refractivity contribution in [3.63, 3.8) is 0 Å². The fraction of sp³-hybridized carbons (Fsp3) is 0.250. The van der Waals surface area contributed by atoms with Gasteiger partial charge in [-0.15, -0.1) is 0 Å². The molecule has 1 amide bonds. The molecule has 0 bridgehead atoms. The standard InChI is InChI=1S/C24H24ClFN2O4S/c1-15-11-20(23(29)28-33(3,30)31)22(26)13-19(15)18-12-21(25)24(27-14-18)32-16(2)9-10-17-7-5-4-6-8-17/h4-8,11-14,16H,9-10H2,1-3H3,(H,28,29)/t16-/m1/s1. The minimum absolute atomic E-state index is 0.118. The number of benzene rings is 2. The average Bonchev–Trinajstić information content (AvgIpc) is 2.74. The van der Waals surface area contributed by atoms with Gasteiger partial charge in [-0.2, -0.15) is 0 Å². The van der Waals surface area contributed by atoms with E-state index < -0.39 is 21.7 Å². The molecule has 1 heterocycles. The van der Waals surface area contributed by atoms with Crippen molar-refractivity contribution < 1.29 is 22.3 Å². The molecule has 0 saturated carbocycles. The number of nitrogens with zero attached hydrogens (tertiary/aromatic N) is 1. The Morgan fingerprint density at radius 2 is 1.91 bits per heavy atom. The summed E-state index contributed by atoms with van der Waals surface area (Å²) in [5, 5.41) is 0.276. The predicted molar refractivity (Wildman–Crippen MR) is 127 cm³/mol. The summed E-state index contributed by atoms with van der Waals surface area (Å²) in [6.45, 7) is 3.62. The lowest BCUT2D eigenvalue weighted by molar-refractivity contribution is 0.0977. The molecule has 0 saturated heterocycles. The Kier molecular flexibility index (Phi) is 7.71. The fourth-order valence-corrected chi connectivity index (χ4v) is 3.97. The smallest absolute Gasteiger partial charge is 0.267 e. The van der Waals surface area contributed by atoms with Gasteiger partial charge < -0.3 is 4.74 Å². The number of nitrogens with one attached hydrogen (secondary N) is 1. The average molecular weight is 491 g/mol. The van der Waals surface area contributed by atoms with Crippen LogP contribution in [0.2, 0.25) is 5.02 Å². The van der Waals surface area contributed by atoms with Gasteiger partial charge in [-0.3, -0.25) is 4.79 Å². The van der Waals surface area contributed by atoms with Crippen molar-refractivity contribution in [3.8, 4) is 17.0 Å². The van der Waals surface area contributed by atoms with E-state index >= 15 is 0 Å². The molecule has 0 aliphatic rings. The van der Waals surface area contributed by atoms with Gasteiger partial charge in [-0.05, 0) is 61.6 Å². The van der Waals surface area contributed by atoms with Gasteiger partial charge in [-0.25, -0.2) is 22.5 Å². The number of ether oxygens (including phenoxy) is 1.